The van der Waals surface area contributed by atoms with Crippen LogP contribution in [0.5, 0.6) is 0 Å². The molecule has 0 saturated heterocycles. The zero-order valence-electron chi connectivity index (χ0n) is 8.06. The largest absolute Gasteiger partial charge is 2.00 e. The first-order chi connectivity index (χ1) is 2.00. The molecule has 0 aromatic rings. The summed E-state index contributed by atoms with van der Waals surface area (Å²) in [5.41, 5.74) is 0.250. The molecule has 0 aliphatic rings. The van der Waals surface area contributed by atoms with Crippen LogP contribution in [0.2, 0.25) is 0 Å². The van der Waals surface area contributed by atoms with E-state index in [1.165, 1.54) is 0 Å². The molecule has 0 saturated carbocycles. The molecular formula is C8H20VW. The standard InChI is InChI=1S/C5H11.3CH3.V.W/c1-5(2,3)4;;;;;/h1H2,2-4H3;3*1H3;;/q4*-1;2*+2. The minimum Gasteiger partial charge on any atom is -0.358 e. The molecule has 0 aliphatic carbocycles. The molecule has 0 bridgehead atoms. The quantitative estimate of drug-likeness (QED) is 0.588. The summed E-state index contributed by atoms with van der Waals surface area (Å²) >= 11 is 0. The Bertz CT molecular complexity index is 24.7. The van der Waals surface area contributed by atoms with Crippen molar-refractivity contribution in [2.75, 3.05) is 0 Å². The first-order valence-corrected chi connectivity index (χ1v) is 1.85. The second-order valence-corrected chi connectivity index (χ2v) is 2.56. The summed E-state index contributed by atoms with van der Waals surface area (Å²) in [6, 6.07) is 0. The van der Waals surface area contributed by atoms with E-state index in [0.717, 1.165) is 0 Å². The van der Waals surface area contributed by atoms with Crippen LogP contribution >= 0.6 is 0 Å². The van der Waals surface area contributed by atoms with Crippen molar-refractivity contribution in [2.45, 2.75) is 20.8 Å². The molecule has 0 rings (SSSR count). The zero-order chi connectivity index (χ0) is 4.50. The van der Waals surface area contributed by atoms with Gasteiger partial charge in [0.1, 0.15) is 0 Å². The van der Waals surface area contributed by atoms with E-state index in [2.05, 4.69) is 27.7 Å². The fourth-order valence-corrected chi connectivity index (χ4v) is 0. The third-order valence-corrected chi connectivity index (χ3v) is 0. The first kappa shape index (κ1) is 42.8. The normalized spacial score (nSPS) is 6.00. The Kier molecular flexibility index (Phi) is 71.5. The van der Waals surface area contributed by atoms with Crippen molar-refractivity contribution in [2.24, 2.45) is 5.41 Å². The van der Waals surface area contributed by atoms with Gasteiger partial charge in [-0.15, -0.1) is 0 Å². The predicted octanol–water partition coefficient (Wildman–Crippen LogP) is 3.21. The maximum atomic E-state index is 3.77. The summed E-state index contributed by atoms with van der Waals surface area (Å²) < 4.78 is 0. The summed E-state index contributed by atoms with van der Waals surface area (Å²) in [5, 5.41) is 0. The van der Waals surface area contributed by atoms with Crippen LogP contribution in [-0.2, 0) is 39.6 Å². The fourth-order valence-electron chi connectivity index (χ4n) is 0. The first-order valence-electron chi connectivity index (χ1n) is 1.85. The summed E-state index contributed by atoms with van der Waals surface area (Å²) in [4.78, 5) is 0. The SMILES string of the molecule is [CH2-]C(C)(C)C.[CH3-].[CH3-].[CH3-].[V+2].[W+2]. The van der Waals surface area contributed by atoms with Crippen LogP contribution in [0.3, 0.4) is 0 Å². The Balaban J connectivity index is -0.00000000800. The fraction of sp³-hybridized carbons (Fsp3) is 0.500. The topological polar surface area (TPSA) is 0 Å². The van der Waals surface area contributed by atoms with Crippen LogP contribution in [0.4, 0.5) is 0 Å². The Labute approximate surface area is 94.7 Å². The number of hydrogen-bond donors (Lipinski definition) is 0. The van der Waals surface area contributed by atoms with Crippen molar-refractivity contribution in [1.82, 2.24) is 0 Å². The molecule has 0 heterocycles. The molecule has 0 aliphatic heterocycles. The minimum absolute atomic E-state index is 0. The molecule has 0 atom stereocenters. The van der Waals surface area contributed by atoms with Gasteiger partial charge in [-0.2, -0.15) is 5.41 Å². The molecule has 0 aromatic carbocycles. The maximum absolute atomic E-state index is 3.77. The molecule has 2 heteroatoms. The molecule has 0 aromatic heterocycles. The van der Waals surface area contributed by atoms with E-state index in [-0.39, 0.29) is 67.3 Å². The van der Waals surface area contributed by atoms with Gasteiger partial charge in [0.05, 0.1) is 0 Å². The van der Waals surface area contributed by atoms with Crippen LogP contribution in [0, 0.1) is 34.6 Å². The van der Waals surface area contributed by atoms with Crippen molar-refractivity contribution in [1.29, 1.82) is 0 Å². The van der Waals surface area contributed by atoms with Crippen LogP contribution in [0.25, 0.3) is 0 Å². The second-order valence-electron chi connectivity index (χ2n) is 2.56. The van der Waals surface area contributed by atoms with E-state index < -0.39 is 0 Å². The van der Waals surface area contributed by atoms with Crippen LogP contribution < -0.4 is 0 Å². The van der Waals surface area contributed by atoms with Gasteiger partial charge in [0.15, 0.2) is 0 Å². The predicted molar refractivity (Wildman–Crippen MR) is 44.1 cm³/mol. The summed E-state index contributed by atoms with van der Waals surface area (Å²) in [6.07, 6.45) is 0. The van der Waals surface area contributed by atoms with Crippen molar-refractivity contribution < 1.29 is 39.6 Å². The molecule has 0 amide bonds. The number of rotatable bonds is 0. The Morgan fingerprint density at radius 1 is 0.900 bits per heavy atom. The smallest absolute Gasteiger partial charge is 0.358 e. The molecule has 0 nitrogen and oxygen atoms in total. The van der Waals surface area contributed by atoms with Gasteiger partial charge in [-0.1, -0.05) is 20.8 Å². The van der Waals surface area contributed by atoms with Gasteiger partial charge in [0.2, 0.25) is 0 Å². The van der Waals surface area contributed by atoms with Gasteiger partial charge in [-0.3, -0.25) is 0 Å². The van der Waals surface area contributed by atoms with E-state index in [4.69, 9.17) is 0 Å². The van der Waals surface area contributed by atoms with E-state index in [1.807, 2.05) is 0 Å². The summed E-state index contributed by atoms with van der Waals surface area (Å²) in [6.45, 7) is 10.0. The molecule has 0 N–H and O–H groups in total. The average molecular weight is 351 g/mol. The van der Waals surface area contributed by atoms with Crippen LogP contribution in [0.15, 0.2) is 0 Å². The van der Waals surface area contributed by atoms with E-state index >= 15 is 0 Å². The van der Waals surface area contributed by atoms with Gasteiger partial charge < -0.3 is 29.2 Å². The second kappa shape index (κ2) is 16.7. The Hall–Kier alpha value is 1.27. The Morgan fingerprint density at radius 3 is 0.900 bits per heavy atom. The minimum atomic E-state index is 0. The summed E-state index contributed by atoms with van der Waals surface area (Å²) in [5.74, 6) is 0. The number of hydrogen-bond acceptors (Lipinski definition) is 0. The van der Waals surface area contributed by atoms with Crippen molar-refractivity contribution in [3.63, 3.8) is 0 Å². The van der Waals surface area contributed by atoms with Crippen molar-refractivity contribution in [3.8, 4) is 0 Å². The molecule has 0 unspecified atom stereocenters. The maximum Gasteiger partial charge on any atom is 2.00 e. The molecular weight excluding hydrogens is 331 g/mol. The van der Waals surface area contributed by atoms with Gasteiger partial charge >= 0.3 is 39.6 Å². The summed E-state index contributed by atoms with van der Waals surface area (Å²) in [7, 11) is 0. The molecule has 0 spiro atoms. The monoisotopic (exact) mass is 351 g/mol. The zero-order valence-corrected chi connectivity index (χ0v) is 12.4. The van der Waals surface area contributed by atoms with Gasteiger partial charge in [-0.05, 0) is 0 Å². The van der Waals surface area contributed by atoms with E-state index in [1.54, 1.807) is 0 Å². The molecule has 10 heavy (non-hydrogen) atoms. The van der Waals surface area contributed by atoms with Crippen LogP contribution in [0.1, 0.15) is 20.8 Å². The molecule has 0 fully saturated rings. The van der Waals surface area contributed by atoms with Gasteiger partial charge in [0, 0.05) is 0 Å². The molecule has 63 valence electrons. The van der Waals surface area contributed by atoms with Gasteiger partial charge in [0.25, 0.3) is 0 Å². The van der Waals surface area contributed by atoms with E-state index in [0.29, 0.717) is 0 Å². The third-order valence-electron chi connectivity index (χ3n) is 0. The third kappa shape index (κ3) is 392. The van der Waals surface area contributed by atoms with Gasteiger partial charge in [-0.25, -0.2) is 0 Å². The van der Waals surface area contributed by atoms with Crippen molar-refractivity contribution >= 4 is 0 Å². The Morgan fingerprint density at radius 2 is 0.900 bits per heavy atom. The van der Waals surface area contributed by atoms with Crippen LogP contribution in [-0.4, -0.2) is 0 Å². The van der Waals surface area contributed by atoms with E-state index in [9.17, 15) is 0 Å². The average Bonchev–Trinajstić information content (AvgIpc) is 0.722. The van der Waals surface area contributed by atoms with Crippen molar-refractivity contribution in [3.05, 3.63) is 29.2 Å². The molecule has 1 radical (unpaired) electrons.